The Morgan fingerprint density at radius 3 is 2.62 bits per heavy atom. The summed E-state index contributed by atoms with van der Waals surface area (Å²) in [6.07, 6.45) is 6.01. The topological polar surface area (TPSA) is 59.8 Å². The molecule has 0 radical (unpaired) electrons. The van der Waals surface area contributed by atoms with Crippen molar-refractivity contribution >= 4 is 5.91 Å². The van der Waals surface area contributed by atoms with Gasteiger partial charge in [0.25, 0.3) is 0 Å². The second-order valence-electron chi connectivity index (χ2n) is 4.89. The number of carbonyl (C=O) groups excluding carboxylic acids is 1. The van der Waals surface area contributed by atoms with Gasteiger partial charge in [0.2, 0.25) is 5.91 Å². The van der Waals surface area contributed by atoms with Crippen molar-refractivity contribution in [1.29, 1.82) is 0 Å². The Morgan fingerprint density at radius 2 is 2.00 bits per heavy atom. The Labute approximate surface area is 124 Å². The third-order valence-electron chi connectivity index (χ3n) is 3.16. The van der Waals surface area contributed by atoms with Gasteiger partial charge in [-0.3, -0.25) is 4.79 Å². The summed E-state index contributed by atoms with van der Waals surface area (Å²) in [6, 6.07) is 8.12. The zero-order chi connectivity index (χ0) is 15.1. The molecule has 5 heteroatoms. The Bertz CT molecular complexity index is 600. The van der Waals surface area contributed by atoms with E-state index in [2.05, 4.69) is 15.4 Å². The molecule has 5 nitrogen and oxygen atoms in total. The van der Waals surface area contributed by atoms with Crippen molar-refractivity contribution < 1.29 is 4.79 Å². The highest BCUT2D eigenvalue weighted by atomic mass is 16.1. The number of aromatic nitrogens is 3. The van der Waals surface area contributed by atoms with E-state index in [-0.39, 0.29) is 5.91 Å². The molecule has 1 N–H and O–H groups in total. The summed E-state index contributed by atoms with van der Waals surface area (Å²) in [7, 11) is 0. The molecule has 0 fully saturated rings. The number of nitrogens with zero attached hydrogens (tertiary/aromatic N) is 3. The predicted octanol–water partition coefficient (Wildman–Crippen LogP) is 2.30. The highest BCUT2D eigenvalue weighted by Crippen LogP contribution is 2.06. The van der Waals surface area contributed by atoms with Crippen LogP contribution < -0.4 is 5.32 Å². The van der Waals surface area contributed by atoms with Crippen molar-refractivity contribution in [3.05, 3.63) is 59.7 Å². The molecule has 0 unspecified atom stereocenters. The fraction of sp³-hybridized carbons (Fsp3) is 0.312. The zero-order valence-corrected chi connectivity index (χ0v) is 12.4. The molecule has 0 aliphatic heterocycles. The fourth-order valence-electron chi connectivity index (χ4n) is 1.98. The molecule has 2 aromatic rings. The van der Waals surface area contributed by atoms with Crippen molar-refractivity contribution in [2.24, 2.45) is 0 Å². The maximum Gasteiger partial charge on any atom is 0.246 e. The summed E-state index contributed by atoms with van der Waals surface area (Å²) >= 11 is 0. The second kappa shape index (κ2) is 7.38. The lowest BCUT2D eigenvalue weighted by Gasteiger charge is -2.07. The average molecular weight is 284 g/mol. The van der Waals surface area contributed by atoms with Crippen LogP contribution in [0.3, 0.4) is 0 Å². The van der Waals surface area contributed by atoms with Crippen molar-refractivity contribution in [1.82, 2.24) is 20.1 Å². The van der Waals surface area contributed by atoms with Gasteiger partial charge >= 0.3 is 0 Å². The van der Waals surface area contributed by atoms with Crippen LogP contribution in [-0.4, -0.2) is 20.7 Å². The molecule has 0 bridgehead atoms. The van der Waals surface area contributed by atoms with Gasteiger partial charge in [-0.2, -0.15) is 5.10 Å². The van der Waals surface area contributed by atoms with E-state index >= 15 is 0 Å². The Kier molecular flexibility index (Phi) is 5.26. The highest BCUT2D eigenvalue weighted by molar-refractivity contribution is 5.92. The highest BCUT2D eigenvalue weighted by Gasteiger charge is 2.03. The van der Waals surface area contributed by atoms with Gasteiger partial charge in [-0.05, 0) is 24.5 Å². The van der Waals surface area contributed by atoms with Gasteiger partial charge in [0, 0.05) is 12.1 Å². The summed E-state index contributed by atoms with van der Waals surface area (Å²) in [4.78, 5) is 15.7. The van der Waals surface area contributed by atoms with E-state index in [1.807, 2.05) is 44.2 Å². The third-order valence-corrected chi connectivity index (χ3v) is 3.16. The monoisotopic (exact) mass is 284 g/mol. The molecule has 1 heterocycles. The van der Waals surface area contributed by atoms with Crippen LogP contribution in [0.4, 0.5) is 0 Å². The summed E-state index contributed by atoms with van der Waals surface area (Å²) < 4.78 is 1.77. The van der Waals surface area contributed by atoms with Crippen LogP contribution in [0.25, 0.3) is 0 Å². The first-order valence-electron chi connectivity index (χ1n) is 7.04. The maximum atomic E-state index is 11.8. The van der Waals surface area contributed by atoms with Gasteiger partial charge in [0.15, 0.2) is 0 Å². The molecule has 0 saturated heterocycles. The van der Waals surface area contributed by atoms with E-state index in [1.54, 1.807) is 11.0 Å². The minimum Gasteiger partial charge on any atom is -0.348 e. The van der Waals surface area contributed by atoms with Crippen LogP contribution in [0.5, 0.6) is 0 Å². The first-order valence-corrected chi connectivity index (χ1v) is 7.04. The molecule has 0 spiro atoms. The van der Waals surface area contributed by atoms with E-state index in [1.165, 1.54) is 6.33 Å². The number of amides is 1. The average Bonchev–Trinajstić information content (AvgIpc) is 2.99. The SMILES string of the molecule is CC/C=C(\C)C(=O)NCc1ccc(Cn2cncn2)cc1. The van der Waals surface area contributed by atoms with Gasteiger partial charge in [-0.25, -0.2) is 9.67 Å². The first-order chi connectivity index (χ1) is 10.2. The van der Waals surface area contributed by atoms with E-state index < -0.39 is 0 Å². The van der Waals surface area contributed by atoms with Crippen LogP contribution in [0, 0.1) is 0 Å². The number of hydrogen-bond donors (Lipinski definition) is 1. The Balaban J connectivity index is 1.88. The molecule has 0 aliphatic carbocycles. The molecule has 0 aliphatic rings. The van der Waals surface area contributed by atoms with E-state index in [0.717, 1.165) is 23.1 Å². The lowest BCUT2D eigenvalue weighted by Crippen LogP contribution is -2.23. The quantitative estimate of drug-likeness (QED) is 0.828. The molecular weight excluding hydrogens is 264 g/mol. The fourth-order valence-corrected chi connectivity index (χ4v) is 1.98. The molecule has 110 valence electrons. The molecule has 0 atom stereocenters. The van der Waals surface area contributed by atoms with Crippen LogP contribution in [0.1, 0.15) is 31.4 Å². The number of nitrogens with one attached hydrogen (secondary N) is 1. The molecule has 0 saturated carbocycles. The minimum atomic E-state index is -0.0106. The van der Waals surface area contributed by atoms with Gasteiger partial charge in [-0.15, -0.1) is 0 Å². The number of benzene rings is 1. The summed E-state index contributed by atoms with van der Waals surface area (Å²) in [5.41, 5.74) is 2.99. The number of allylic oxidation sites excluding steroid dienone is 1. The lowest BCUT2D eigenvalue weighted by atomic mass is 10.1. The van der Waals surface area contributed by atoms with Crippen LogP contribution >= 0.6 is 0 Å². The van der Waals surface area contributed by atoms with Crippen LogP contribution in [0.15, 0.2) is 48.6 Å². The Morgan fingerprint density at radius 1 is 1.29 bits per heavy atom. The van der Waals surface area contributed by atoms with Gasteiger partial charge in [-0.1, -0.05) is 37.3 Å². The predicted molar refractivity (Wildman–Crippen MR) is 81.5 cm³/mol. The van der Waals surface area contributed by atoms with E-state index in [0.29, 0.717) is 13.1 Å². The third kappa shape index (κ3) is 4.56. The molecule has 2 rings (SSSR count). The number of rotatable bonds is 6. The number of hydrogen-bond acceptors (Lipinski definition) is 3. The largest absolute Gasteiger partial charge is 0.348 e. The Hall–Kier alpha value is -2.43. The van der Waals surface area contributed by atoms with E-state index in [4.69, 9.17) is 0 Å². The van der Waals surface area contributed by atoms with Gasteiger partial charge in [0.1, 0.15) is 12.7 Å². The smallest absolute Gasteiger partial charge is 0.246 e. The maximum absolute atomic E-state index is 11.8. The van der Waals surface area contributed by atoms with Crippen LogP contribution in [-0.2, 0) is 17.9 Å². The van der Waals surface area contributed by atoms with Gasteiger partial charge < -0.3 is 5.32 Å². The van der Waals surface area contributed by atoms with E-state index in [9.17, 15) is 4.79 Å². The lowest BCUT2D eigenvalue weighted by molar-refractivity contribution is -0.117. The molecule has 1 aromatic carbocycles. The normalized spacial score (nSPS) is 11.4. The molecule has 1 amide bonds. The van der Waals surface area contributed by atoms with Crippen molar-refractivity contribution in [2.75, 3.05) is 0 Å². The van der Waals surface area contributed by atoms with Crippen molar-refractivity contribution in [3.8, 4) is 0 Å². The van der Waals surface area contributed by atoms with Gasteiger partial charge in [0.05, 0.1) is 6.54 Å². The second-order valence-corrected chi connectivity index (χ2v) is 4.89. The molecular formula is C16H20N4O. The minimum absolute atomic E-state index is 0.0106. The first kappa shape index (κ1) is 15.0. The van der Waals surface area contributed by atoms with Crippen molar-refractivity contribution in [2.45, 2.75) is 33.4 Å². The van der Waals surface area contributed by atoms with Crippen LogP contribution in [0.2, 0.25) is 0 Å². The molecule has 1 aromatic heterocycles. The van der Waals surface area contributed by atoms with Crippen molar-refractivity contribution in [3.63, 3.8) is 0 Å². The summed E-state index contributed by atoms with van der Waals surface area (Å²) in [5, 5.41) is 6.99. The summed E-state index contributed by atoms with van der Waals surface area (Å²) in [5.74, 6) is -0.0106. The number of carbonyl (C=O) groups is 1. The summed E-state index contributed by atoms with van der Waals surface area (Å²) in [6.45, 7) is 5.09. The zero-order valence-electron chi connectivity index (χ0n) is 12.4. The molecule has 21 heavy (non-hydrogen) atoms. The standard InChI is InChI=1S/C16H20N4O/c1-3-4-13(2)16(21)18-9-14-5-7-15(8-6-14)10-20-12-17-11-19-20/h4-8,11-12H,3,9-10H2,1-2H3,(H,18,21)/b13-4+.